The minimum atomic E-state index is -0.970. The number of nitriles is 2. The van der Waals surface area contributed by atoms with Gasteiger partial charge in [-0.2, -0.15) is 10.5 Å². The molecule has 6 nitrogen and oxygen atoms in total. The second kappa shape index (κ2) is 8.87. The van der Waals surface area contributed by atoms with Crippen molar-refractivity contribution in [1.82, 2.24) is 5.32 Å². The zero-order chi connectivity index (χ0) is 20.9. The van der Waals surface area contributed by atoms with Gasteiger partial charge in [0.15, 0.2) is 0 Å². The number of hydrogen-bond acceptors (Lipinski definition) is 5. The highest BCUT2D eigenvalue weighted by Gasteiger charge is 2.36. The third-order valence-electron chi connectivity index (χ3n) is 5.41. The van der Waals surface area contributed by atoms with Crippen LogP contribution in [0.3, 0.4) is 0 Å². The third-order valence-corrected chi connectivity index (χ3v) is 5.41. The SMILES string of the molecule is Cc1cc(-c2ccc(C#N)cc2)ccc1CC(C#N)NC(=O)C1(N)CCOCC1. The van der Waals surface area contributed by atoms with Gasteiger partial charge in [0.05, 0.1) is 23.2 Å². The normalized spacial score (nSPS) is 16.3. The summed E-state index contributed by atoms with van der Waals surface area (Å²) in [5.41, 5.74) is 9.95. The Hall–Kier alpha value is -3.19. The van der Waals surface area contributed by atoms with E-state index in [0.717, 1.165) is 22.3 Å². The van der Waals surface area contributed by atoms with Crippen LogP contribution in [0.25, 0.3) is 11.1 Å². The molecule has 0 aliphatic carbocycles. The lowest BCUT2D eigenvalue weighted by molar-refractivity contribution is -0.130. The Labute approximate surface area is 170 Å². The number of carbonyl (C=O) groups is 1. The van der Waals surface area contributed by atoms with E-state index in [0.29, 0.717) is 38.0 Å². The fourth-order valence-corrected chi connectivity index (χ4v) is 3.46. The van der Waals surface area contributed by atoms with Crippen molar-refractivity contribution in [3.8, 4) is 23.3 Å². The van der Waals surface area contributed by atoms with Gasteiger partial charge < -0.3 is 15.8 Å². The van der Waals surface area contributed by atoms with Crippen LogP contribution in [-0.2, 0) is 16.0 Å². The molecule has 1 aliphatic heterocycles. The van der Waals surface area contributed by atoms with E-state index in [4.69, 9.17) is 15.7 Å². The molecule has 1 unspecified atom stereocenters. The molecule has 2 aromatic rings. The maximum Gasteiger partial charge on any atom is 0.241 e. The van der Waals surface area contributed by atoms with Crippen molar-refractivity contribution in [1.29, 1.82) is 10.5 Å². The molecule has 0 aromatic heterocycles. The highest BCUT2D eigenvalue weighted by atomic mass is 16.5. The zero-order valence-electron chi connectivity index (χ0n) is 16.4. The molecule has 1 aliphatic rings. The van der Waals surface area contributed by atoms with Gasteiger partial charge in [-0.05, 0) is 54.2 Å². The van der Waals surface area contributed by atoms with Crippen molar-refractivity contribution >= 4 is 5.91 Å². The molecular weight excluding hydrogens is 364 g/mol. The number of benzene rings is 2. The number of amides is 1. The van der Waals surface area contributed by atoms with Crippen LogP contribution in [0.4, 0.5) is 0 Å². The summed E-state index contributed by atoms with van der Waals surface area (Å²) < 4.78 is 5.28. The summed E-state index contributed by atoms with van der Waals surface area (Å²) in [6.45, 7) is 2.90. The van der Waals surface area contributed by atoms with Gasteiger partial charge in [0, 0.05) is 19.6 Å². The van der Waals surface area contributed by atoms with Gasteiger partial charge in [-0.15, -0.1) is 0 Å². The second-order valence-electron chi connectivity index (χ2n) is 7.46. The van der Waals surface area contributed by atoms with Crippen LogP contribution in [0.5, 0.6) is 0 Å². The van der Waals surface area contributed by atoms with E-state index in [-0.39, 0.29) is 5.91 Å². The summed E-state index contributed by atoms with van der Waals surface area (Å²) in [7, 11) is 0. The average molecular weight is 388 g/mol. The summed E-state index contributed by atoms with van der Waals surface area (Å²) in [6.07, 6.45) is 1.32. The van der Waals surface area contributed by atoms with Crippen LogP contribution in [0.1, 0.15) is 29.5 Å². The van der Waals surface area contributed by atoms with E-state index < -0.39 is 11.6 Å². The smallest absolute Gasteiger partial charge is 0.241 e. The molecule has 1 heterocycles. The Bertz CT molecular complexity index is 964. The number of nitrogens with zero attached hydrogens (tertiary/aromatic N) is 2. The predicted molar refractivity (Wildman–Crippen MR) is 110 cm³/mol. The number of nitrogens with one attached hydrogen (secondary N) is 1. The molecule has 148 valence electrons. The largest absolute Gasteiger partial charge is 0.381 e. The van der Waals surface area contributed by atoms with Gasteiger partial charge in [-0.1, -0.05) is 30.3 Å². The van der Waals surface area contributed by atoms with E-state index >= 15 is 0 Å². The number of ether oxygens (including phenoxy) is 1. The van der Waals surface area contributed by atoms with E-state index in [1.807, 2.05) is 31.2 Å². The van der Waals surface area contributed by atoms with Crippen LogP contribution in [0, 0.1) is 29.6 Å². The van der Waals surface area contributed by atoms with Crippen LogP contribution < -0.4 is 11.1 Å². The summed E-state index contributed by atoms with van der Waals surface area (Å²) in [6, 6.07) is 17.1. The van der Waals surface area contributed by atoms with Crippen molar-refractivity contribution in [3.63, 3.8) is 0 Å². The Balaban J connectivity index is 1.70. The van der Waals surface area contributed by atoms with Crippen molar-refractivity contribution in [2.75, 3.05) is 13.2 Å². The number of nitrogens with two attached hydrogens (primary N) is 1. The average Bonchev–Trinajstić information content (AvgIpc) is 2.75. The lowest BCUT2D eigenvalue weighted by Gasteiger charge is -2.32. The lowest BCUT2D eigenvalue weighted by Crippen LogP contribution is -2.58. The Kier molecular flexibility index (Phi) is 6.29. The molecule has 1 fully saturated rings. The summed E-state index contributed by atoms with van der Waals surface area (Å²) >= 11 is 0. The Morgan fingerprint density at radius 3 is 2.41 bits per heavy atom. The zero-order valence-corrected chi connectivity index (χ0v) is 16.4. The molecule has 2 aromatic carbocycles. The molecule has 0 spiro atoms. The molecule has 3 rings (SSSR count). The monoisotopic (exact) mass is 388 g/mol. The molecule has 0 bridgehead atoms. The van der Waals surface area contributed by atoms with Gasteiger partial charge in [0.25, 0.3) is 0 Å². The predicted octanol–water partition coefficient (Wildman–Crippen LogP) is 2.59. The first-order valence-corrected chi connectivity index (χ1v) is 9.62. The van der Waals surface area contributed by atoms with Crippen molar-refractivity contribution in [3.05, 3.63) is 59.2 Å². The molecule has 29 heavy (non-hydrogen) atoms. The Morgan fingerprint density at radius 2 is 1.83 bits per heavy atom. The van der Waals surface area contributed by atoms with Crippen molar-refractivity contribution < 1.29 is 9.53 Å². The maximum absolute atomic E-state index is 12.6. The summed E-state index contributed by atoms with van der Waals surface area (Å²) in [4.78, 5) is 12.6. The number of carbonyl (C=O) groups excluding carboxylic acids is 1. The van der Waals surface area contributed by atoms with E-state index in [1.54, 1.807) is 12.1 Å². The fourth-order valence-electron chi connectivity index (χ4n) is 3.46. The molecule has 0 radical (unpaired) electrons. The molecule has 1 amide bonds. The molecule has 0 saturated carbocycles. The van der Waals surface area contributed by atoms with Crippen LogP contribution in [-0.4, -0.2) is 30.7 Å². The van der Waals surface area contributed by atoms with E-state index in [1.165, 1.54) is 0 Å². The number of hydrogen-bond donors (Lipinski definition) is 2. The summed E-state index contributed by atoms with van der Waals surface area (Å²) in [5.74, 6) is -0.292. The molecule has 6 heteroatoms. The quantitative estimate of drug-likeness (QED) is 0.818. The van der Waals surface area contributed by atoms with Gasteiger partial charge in [0.2, 0.25) is 5.91 Å². The topological polar surface area (TPSA) is 112 Å². The van der Waals surface area contributed by atoms with Gasteiger partial charge in [-0.25, -0.2) is 0 Å². The number of rotatable bonds is 5. The number of aryl methyl sites for hydroxylation is 1. The first kappa shape index (κ1) is 20.5. The molecule has 1 saturated heterocycles. The highest BCUT2D eigenvalue weighted by Crippen LogP contribution is 2.24. The summed E-state index contributed by atoms with van der Waals surface area (Å²) in [5, 5.41) is 21.3. The highest BCUT2D eigenvalue weighted by molar-refractivity contribution is 5.86. The maximum atomic E-state index is 12.6. The van der Waals surface area contributed by atoms with Crippen molar-refractivity contribution in [2.45, 2.75) is 37.8 Å². The van der Waals surface area contributed by atoms with E-state index in [9.17, 15) is 10.1 Å². The second-order valence-corrected chi connectivity index (χ2v) is 7.46. The fraction of sp³-hybridized carbons (Fsp3) is 0.348. The first-order chi connectivity index (χ1) is 13.9. The van der Waals surface area contributed by atoms with Crippen LogP contribution in [0.2, 0.25) is 0 Å². The van der Waals surface area contributed by atoms with Gasteiger partial charge in [0.1, 0.15) is 6.04 Å². The first-order valence-electron chi connectivity index (χ1n) is 9.62. The van der Waals surface area contributed by atoms with Gasteiger partial charge >= 0.3 is 0 Å². The van der Waals surface area contributed by atoms with Crippen LogP contribution in [0.15, 0.2) is 42.5 Å². The van der Waals surface area contributed by atoms with E-state index in [2.05, 4.69) is 23.5 Å². The third kappa shape index (κ3) is 4.81. The van der Waals surface area contributed by atoms with Crippen LogP contribution >= 0.6 is 0 Å². The lowest BCUT2D eigenvalue weighted by atomic mass is 9.89. The minimum Gasteiger partial charge on any atom is -0.381 e. The van der Waals surface area contributed by atoms with Crippen molar-refractivity contribution in [2.24, 2.45) is 5.73 Å². The molecule has 3 N–H and O–H groups in total. The Morgan fingerprint density at radius 1 is 1.17 bits per heavy atom. The molecule has 1 atom stereocenters. The molecular formula is C23H24N4O2. The standard InChI is InChI=1S/C23H24N4O2/c1-16-12-20(18-4-2-17(14-24)3-5-18)7-6-19(16)13-21(15-25)27-22(28)23(26)8-10-29-11-9-23/h2-7,12,21H,8-11,13,26H2,1H3,(H,27,28). The minimum absolute atomic E-state index is 0.292. The van der Waals surface area contributed by atoms with Gasteiger partial charge in [-0.3, -0.25) is 4.79 Å².